The fourth-order valence-electron chi connectivity index (χ4n) is 2.54. The lowest BCUT2D eigenvalue weighted by atomic mass is 10.1. The van der Waals surface area contributed by atoms with Crippen molar-refractivity contribution in [3.05, 3.63) is 29.6 Å². The molecule has 0 spiro atoms. The van der Waals surface area contributed by atoms with E-state index in [2.05, 4.69) is 16.7 Å². The van der Waals surface area contributed by atoms with Crippen molar-refractivity contribution in [3.63, 3.8) is 0 Å². The number of hydrogen-bond acceptors (Lipinski definition) is 3. The lowest BCUT2D eigenvalue weighted by Gasteiger charge is -2.36. The van der Waals surface area contributed by atoms with Crippen LogP contribution >= 0.6 is 0 Å². The summed E-state index contributed by atoms with van der Waals surface area (Å²) in [6.07, 6.45) is 0.607. The number of halogens is 1. The number of rotatable bonds is 4. The van der Waals surface area contributed by atoms with Crippen LogP contribution in [-0.2, 0) is 6.42 Å². The summed E-state index contributed by atoms with van der Waals surface area (Å²) in [4.78, 5) is 4.69. The largest absolute Gasteiger partial charge is 0.369 e. The average Bonchev–Trinajstić information content (AvgIpc) is 2.41. The third-order valence-electron chi connectivity index (χ3n) is 3.65. The fourth-order valence-corrected chi connectivity index (χ4v) is 2.54. The Hall–Kier alpha value is -1.13. The van der Waals surface area contributed by atoms with Crippen LogP contribution in [0.15, 0.2) is 18.2 Å². The zero-order valence-corrected chi connectivity index (χ0v) is 11.0. The van der Waals surface area contributed by atoms with Gasteiger partial charge in [-0.25, -0.2) is 4.39 Å². The van der Waals surface area contributed by atoms with E-state index in [9.17, 15) is 4.39 Å². The zero-order valence-electron chi connectivity index (χ0n) is 11.0. The minimum absolute atomic E-state index is 0.129. The predicted molar refractivity (Wildman–Crippen MR) is 73.5 cm³/mol. The van der Waals surface area contributed by atoms with Gasteiger partial charge in [-0.1, -0.05) is 13.0 Å². The third kappa shape index (κ3) is 2.82. The molecule has 0 amide bonds. The molecular weight excluding hydrogens is 229 g/mol. The summed E-state index contributed by atoms with van der Waals surface area (Å²) < 4.78 is 13.8. The number of anilines is 1. The van der Waals surface area contributed by atoms with Gasteiger partial charge < -0.3 is 15.5 Å². The Kier molecular flexibility index (Phi) is 4.55. The second-order valence-electron chi connectivity index (χ2n) is 4.70. The normalized spacial score (nSPS) is 17.2. The van der Waals surface area contributed by atoms with E-state index in [4.69, 9.17) is 5.73 Å². The summed E-state index contributed by atoms with van der Waals surface area (Å²) in [5.74, 6) is -0.129. The highest BCUT2D eigenvalue weighted by Crippen LogP contribution is 2.24. The molecule has 0 aliphatic carbocycles. The number of benzene rings is 1. The van der Waals surface area contributed by atoms with E-state index >= 15 is 0 Å². The van der Waals surface area contributed by atoms with E-state index in [1.54, 1.807) is 6.07 Å². The average molecular weight is 251 g/mol. The third-order valence-corrected chi connectivity index (χ3v) is 3.65. The van der Waals surface area contributed by atoms with Gasteiger partial charge in [0.2, 0.25) is 0 Å². The van der Waals surface area contributed by atoms with Crippen LogP contribution in [0.5, 0.6) is 0 Å². The first kappa shape index (κ1) is 13.3. The van der Waals surface area contributed by atoms with Gasteiger partial charge in [-0.2, -0.15) is 0 Å². The fraction of sp³-hybridized carbons (Fsp3) is 0.571. The molecule has 4 heteroatoms. The van der Waals surface area contributed by atoms with Gasteiger partial charge in [0.1, 0.15) is 5.82 Å². The van der Waals surface area contributed by atoms with Crippen LogP contribution in [0.4, 0.5) is 10.1 Å². The van der Waals surface area contributed by atoms with Crippen molar-refractivity contribution in [2.45, 2.75) is 13.3 Å². The van der Waals surface area contributed by atoms with Crippen molar-refractivity contribution in [1.82, 2.24) is 4.90 Å². The van der Waals surface area contributed by atoms with Crippen LogP contribution in [0.25, 0.3) is 0 Å². The molecule has 0 radical (unpaired) electrons. The smallest absolute Gasteiger partial charge is 0.128 e. The number of likely N-dealkylation sites (N-methyl/N-ethyl adjacent to an activating group) is 1. The Morgan fingerprint density at radius 1 is 1.22 bits per heavy atom. The quantitative estimate of drug-likeness (QED) is 0.879. The lowest BCUT2D eigenvalue weighted by Crippen LogP contribution is -2.46. The molecule has 3 nitrogen and oxygen atoms in total. The first-order valence-electron chi connectivity index (χ1n) is 6.71. The van der Waals surface area contributed by atoms with Gasteiger partial charge in [-0.05, 0) is 31.6 Å². The molecule has 0 bridgehead atoms. The van der Waals surface area contributed by atoms with E-state index in [0.717, 1.165) is 44.0 Å². The van der Waals surface area contributed by atoms with E-state index in [1.165, 1.54) is 6.07 Å². The van der Waals surface area contributed by atoms with Gasteiger partial charge in [-0.3, -0.25) is 0 Å². The number of hydrogen-bond donors (Lipinski definition) is 1. The van der Waals surface area contributed by atoms with Crippen molar-refractivity contribution in [2.24, 2.45) is 5.73 Å². The number of nitrogens with two attached hydrogens (primary N) is 1. The van der Waals surface area contributed by atoms with E-state index in [-0.39, 0.29) is 5.82 Å². The Labute approximate surface area is 108 Å². The summed E-state index contributed by atoms with van der Waals surface area (Å²) in [6.45, 7) is 7.79. The van der Waals surface area contributed by atoms with Gasteiger partial charge >= 0.3 is 0 Å². The Bertz CT molecular complexity index is 387. The predicted octanol–water partition coefficient (Wildman–Crippen LogP) is 1.47. The molecule has 1 aromatic carbocycles. The number of nitrogens with zero attached hydrogens (tertiary/aromatic N) is 2. The summed E-state index contributed by atoms with van der Waals surface area (Å²) in [5, 5.41) is 0. The van der Waals surface area contributed by atoms with E-state index < -0.39 is 0 Å². The first-order chi connectivity index (χ1) is 8.76. The molecule has 100 valence electrons. The molecule has 2 N–H and O–H groups in total. The molecular formula is C14H22FN3. The summed E-state index contributed by atoms with van der Waals surface area (Å²) in [5.41, 5.74) is 7.37. The lowest BCUT2D eigenvalue weighted by molar-refractivity contribution is 0.271. The van der Waals surface area contributed by atoms with Crippen LogP contribution in [0.3, 0.4) is 0 Å². The summed E-state index contributed by atoms with van der Waals surface area (Å²) in [6, 6.07) is 5.32. The van der Waals surface area contributed by atoms with Crippen molar-refractivity contribution in [3.8, 4) is 0 Å². The van der Waals surface area contributed by atoms with E-state index in [0.29, 0.717) is 13.0 Å². The highest BCUT2D eigenvalue weighted by molar-refractivity contribution is 5.54. The topological polar surface area (TPSA) is 32.5 Å². The molecule has 0 aromatic heterocycles. The highest BCUT2D eigenvalue weighted by Gasteiger charge is 2.19. The molecule has 0 unspecified atom stereocenters. The molecule has 1 aliphatic heterocycles. The van der Waals surface area contributed by atoms with Crippen LogP contribution < -0.4 is 10.6 Å². The van der Waals surface area contributed by atoms with Crippen molar-refractivity contribution in [2.75, 3.05) is 44.2 Å². The first-order valence-corrected chi connectivity index (χ1v) is 6.71. The highest BCUT2D eigenvalue weighted by atomic mass is 19.1. The van der Waals surface area contributed by atoms with Gasteiger partial charge in [0, 0.05) is 37.4 Å². The van der Waals surface area contributed by atoms with Gasteiger partial charge in [0.15, 0.2) is 0 Å². The van der Waals surface area contributed by atoms with Crippen LogP contribution in [0, 0.1) is 5.82 Å². The van der Waals surface area contributed by atoms with Crippen molar-refractivity contribution < 1.29 is 4.39 Å². The Balaban J connectivity index is 2.15. The van der Waals surface area contributed by atoms with Crippen LogP contribution in [-0.4, -0.2) is 44.2 Å². The standard InChI is InChI=1S/C14H22FN3/c1-2-17-8-10-18(11-9-17)14-5-3-4-13(15)12(14)6-7-16/h3-5H,2,6-11,16H2,1H3. The Morgan fingerprint density at radius 2 is 1.94 bits per heavy atom. The SMILES string of the molecule is CCN1CCN(c2cccc(F)c2CCN)CC1. The maximum atomic E-state index is 13.8. The molecule has 1 heterocycles. The second kappa shape index (κ2) is 6.16. The minimum atomic E-state index is -0.129. The maximum absolute atomic E-state index is 13.8. The minimum Gasteiger partial charge on any atom is -0.369 e. The van der Waals surface area contributed by atoms with E-state index in [1.807, 2.05) is 6.07 Å². The molecule has 1 aliphatic rings. The monoisotopic (exact) mass is 251 g/mol. The van der Waals surface area contributed by atoms with Crippen molar-refractivity contribution >= 4 is 5.69 Å². The van der Waals surface area contributed by atoms with Crippen LogP contribution in [0.1, 0.15) is 12.5 Å². The summed E-state index contributed by atoms with van der Waals surface area (Å²) >= 11 is 0. The molecule has 0 saturated carbocycles. The Morgan fingerprint density at radius 3 is 2.56 bits per heavy atom. The van der Waals surface area contributed by atoms with Crippen LogP contribution in [0.2, 0.25) is 0 Å². The molecule has 2 rings (SSSR count). The zero-order chi connectivity index (χ0) is 13.0. The molecule has 18 heavy (non-hydrogen) atoms. The molecule has 1 aromatic rings. The molecule has 1 saturated heterocycles. The van der Waals surface area contributed by atoms with Crippen molar-refractivity contribution in [1.29, 1.82) is 0 Å². The second-order valence-corrected chi connectivity index (χ2v) is 4.70. The molecule has 0 atom stereocenters. The molecule has 1 fully saturated rings. The van der Waals surface area contributed by atoms with Gasteiger partial charge in [0.05, 0.1) is 0 Å². The van der Waals surface area contributed by atoms with Gasteiger partial charge in [-0.15, -0.1) is 0 Å². The maximum Gasteiger partial charge on any atom is 0.128 e. The van der Waals surface area contributed by atoms with Gasteiger partial charge in [0.25, 0.3) is 0 Å². The summed E-state index contributed by atoms with van der Waals surface area (Å²) in [7, 11) is 0. The number of piperazine rings is 1.